The SMILES string of the molecule is O=C1CC2(CCc3ccc(Br)cc32)CN1. The van der Waals surface area contributed by atoms with Crippen molar-refractivity contribution in [1.82, 2.24) is 5.32 Å². The van der Waals surface area contributed by atoms with Crippen LogP contribution in [-0.4, -0.2) is 12.5 Å². The van der Waals surface area contributed by atoms with E-state index in [1.807, 2.05) is 0 Å². The first kappa shape index (κ1) is 9.40. The summed E-state index contributed by atoms with van der Waals surface area (Å²) >= 11 is 3.51. The van der Waals surface area contributed by atoms with Gasteiger partial charge in [-0.1, -0.05) is 22.0 Å². The molecule has 0 aromatic heterocycles. The van der Waals surface area contributed by atoms with Gasteiger partial charge in [-0.05, 0) is 36.1 Å². The van der Waals surface area contributed by atoms with E-state index in [1.54, 1.807) is 0 Å². The molecule has 0 radical (unpaired) electrons. The van der Waals surface area contributed by atoms with Crippen LogP contribution in [0.2, 0.25) is 0 Å². The van der Waals surface area contributed by atoms with Crippen LogP contribution in [0.15, 0.2) is 22.7 Å². The van der Waals surface area contributed by atoms with Gasteiger partial charge in [-0.25, -0.2) is 0 Å². The number of amides is 1. The Morgan fingerprint density at radius 1 is 1.40 bits per heavy atom. The Morgan fingerprint density at radius 2 is 2.27 bits per heavy atom. The molecule has 78 valence electrons. The maximum absolute atomic E-state index is 11.4. The van der Waals surface area contributed by atoms with E-state index in [4.69, 9.17) is 0 Å². The van der Waals surface area contributed by atoms with Crippen molar-refractivity contribution in [3.05, 3.63) is 33.8 Å². The van der Waals surface area contributed by atoms with Gasteiger partial charge in [0.05, 0.1) is 0 Å². The quantitative estimate of drug-likeness (QED) is 0.766. The number of aryl methyl sites for hydroxylation is 1. The van der Waals surface area contributed by atoms with Crippen LogP contribution in [0.3, 0.4) is 0 Å². The van der Waals surface area contributed by atoms with E-state index < -0.39 is 0 Å². The van der Waals surface area contributed by atoms with Gasteiger partial charge in [-0.3, -0.25) is 4.79 Å². The lowest BCUT2D eigenvalue weighted by atomic mass is 9.81. The van der Waals surface area contributed by atoms with Gasteiger partial charge in [-0.2, -0.15) is 0 Å². The van der Waals surface area contributed by atoms with Gasteiger partial charge in [0.2, 0.25) is 5.91 Å². The second-order valence-corrected chi connectivity index (χ2v) is 5.45. The largest absolute Gasteiger partial charge is 0.355 e. The average molecular weight is 266 g/mol. The number of carbonyl (C=O) groups excluding carboxylic acids is 1. The number of rotatable bonds is 0. The standard InChI is InChI=1S/C12H12BrNO/c13-9-2-1-8-3-4-12(10(8)5-9)6-11(15)14-7-12/h1-2,5H,3-4,6-7H2,(H,14,15). The lowest BCUT2D eigenvalue weighted by Crippen LogP contribution is -2.25. The van der Waals surface area contributed by atoms with Crippen molar-refractivity contribution in [2.45, 2.75) is 24.7 Å². The molecule has 1 spiro atoms. The minimum absolute atomic E-state index is 0.0934. The maximum Gasteiger partial charge on any atom is 0.220 e. The van der Waals surface area contributed by atoms with Gasteiger partial charge < -0.3 is 5.32 Å². The molecule has 1 aliphatic carbocycles. The van der Waals surface area contributed by atoms with Crippen molar-refractivity contribution >= 4 is 21.8 Å². The van der Waals surface area contributed by atoms with Crippen LogP contribution in [0.4, 0.5) is 0 Å². The van der Waals surface area contributed by atoms with Crippen molar-refractivity contribution in [3.8, 4) is 0 Å². The molecular weight excluding hydrogens is 254 g/mol. The van der Waals surface area contributed by atoms with E-state index in [0.29, 0.717) is 6.42 Å². The second-order valence-electron chi connectivity index (χ2n) is 4.54. The van der Waals surface area contributed by atoms with Crippen molar-refractivity contribution in [1.29, 1.82) is 0 Å². The third-order valence-corrected chi connectivity index (χ3v) is 4.13. The lowest BCUT2D eigenvalue weighted by molar-refractivity contribution is -0.119. The van der Waals surface area contributed by atoms with E-state index in [1.165, 1.54) is 11.1 Å². The van der Waals surface area contributed by atoms with Crippen molar-refractivity contribution in [2.75, 3.05) is 6.54 Å². The third kappa shape index (κ3) is 1.33. The number of benzene rings is 1. The summed E-state index contributed by atoms with van der Waals surface area (Å²) in [5, 5.41) is 2.96. The zero-order valence-electron chi connectivity index (χ0n) is 8.35. The molecule has 1 fully saturated rings. The van der Waals surface area contributed by atoms with Crippen LogP contribution in [0.5, 0.6) is 0 Å². The molecule has 1 saturated heterocycles. The van der Waals surface area contributed by atoms with Gasteiger partial charge in [-0.15, -0.1) is 0 Å². The fraction of sp³-hybridized carbons (Fsp3) is 0.417. The van der Waals surface area contributed by atoms with Crippen molar-refractivity contribution in [2.24, 2.45) is 0 Å². The van der Waals surface area contributed by atoms with Gasteiger partial charge in [0.1, 0.15) is 0 Å². The maximum atomic E-state index is 11.4. The number of hydrogen-bond donors (Lipinski definition) is 1. The summed E-state index contributed by atoms with van der Waals surface area (Å²) in [5.74, 6) is 0.197. The van der Waals surface area contributed by atoms with Gasteiger partial charge >= 0.3 is 0 Å². The predicted molar refractivity (Wildman–Crippen MR) is 61.8 cm³/mol. The molecule has 1 amide bonds. The second kappa shape index (κ2) is 3.08. The summed E-state index contributed by atoms with van der Waals surface area (Å²) in [6, 6.07) is 6.45. The molecule has 1 aromatic rings. The first-order valence-corrected chi connectivity index (χ1v) is 6.05. The van der Waals surface area contributed by atoms with Crippen LogP contribution in [0, 0.1) is 0 Å². The highest BCUT2D eigenvalue weighted by molar-refractivity contribution is 9.10. The smallest absolute Gasteiger partial charge is 0.220 e. The normalized spacial score (nSPS) is 28.2. The highest BCUT2D eigenvalue weighted by atomic mass is 79.9. The summed E-state index contributed by atoms with van der Waals surface area (Å²) in [6.07, 6.45) is 2.88. The van der Waals surface area contributed by atoms with E-state index in [-0.39, 0.29) is 11.3 Å². The highest BCUT2D eigenvalue weighted by Crippen LogP contribution is 2.44. The summed E-state index contributed by atoms with van der Waals surface area (Å²) in [5.41, 5.74) is 2.88. The molecule has 0 bridgehead atoms. The first-order chi connectivity index (χ1) is 7.20. The fourth-order valence-corrected chi connectivity index (χ4v) is 3.20. The summed E-state index contributed by atoms with van der Waals surface area (Å²) in [7, 11) is 0. The number of carbonyl (C=O) groups is 1. The van der Waals surface area contributed by atoms with Crippen LogP contribution >= 0.6 is 15.9 Å². The Labute approximate surface area is 97.2 Å². The van der Waals surface area contributed by atoms with Crippen molar-refractivity contribution < 1.29 is 4.79 Å². The zero-order valence-corrected chi connectivity index (χ0v) is 9.93. The van der Waals surface area contributed by atoms with E-state index >= 15 is 0 Å². The van der Waals surface area contributed by atoms with Crippen molar-refractivity contribution in [3.63, 3.8) is 0 Å². The lowest BCUT2D eigenvalue weighted by Gasteiger charge is -2.22. The third-order valence-electron chi connectivity index (χ3n) is 3.64. The Kier molecular flexibility index (Phi) is 1.93. The molecule has 2 aliphatic rings. The van der Waals surface area contributed by atoms with Crippen LogP contribution in [-0.2, 0) is 16.6 Å². The molecule has 3 heteroatoms. The van der Waals surface area contributed by atoms with E-state index in [2.05, 4.69) is 39.4 Å². The van der Waals surface area contributed by atoms with Crippen LogP contribution < -0.4 is 5.32 Å². The minimum atomic E-state index is 0.0934. The summed E-state index contributed by atoms with van der Waals surface area (Å²) in [6.45, 7) is 0.815. The number of halogens is 1. The van der Waals surface area contributed by atoms with Gasteiger partial charge in [0, 0.05) is 22.9 Å². The summed E-state index contributed by atoms with van der Waals surface area (Å²) < 4.78 is 1.11. The molecule has 1 atom stereocenters. The first-order valence-electron chi connectivity index (χ1n) is 5.25. The predicted octanol–water partition coefficient (Wildman–Crippen LogP) is 2.15. The molecule has 1 unspecified atom stereocenters. The molecule has 1 N–H and O–H groups in total. The van der Waals surface area contributed by atoms with E-state index in [9.17, 15) is 4.79 Å². The molecular formula is C12H12BrNO. The molecule has 1 aromatic carbocycles. The Hall–Kier alpha value is -0.830. The topological polar surface area (TPSA) is 29.1 Å². The molecule has 3 rings (SSSR count). The highest BCUT2D eigenvalue weighted by Gasteiger charge is 2.44. The molecule has 1 heterocycles. The monoisotopic (exact) mass is 265 g/mol. The summed E-state index contributed by atoms with van der Waals surface area (Å²) in [4.78, 5) is 11.4. The van der Waals surface area contributed by atoms with Gasteiger partial charge in [0.15, 0.2) is 0 Å². The number of fused-ring (bicyclic) bond motifs is 2. The Balaban J connectivity index is 2.10. The number of nitrogens with one attached hydrogen (secondary N) is 1. The minimum Gasteiger partial charge on any atom is -0.355 e. The van der Waals surface area contributed by atoms with E-state index in [0.717, 1.165) is 23.9 Å². The average Bonchev–Trinajstić information content (AvgIpc) is 2.74. The fourth-order valence-electron chi connectivity index (χ4n) is 2.84. The van der Waals surface area contributed by atoms with Crippen LogP contribution in [0.1, 0.15) is 24.0 Å². The Bertz CT molecular complexity index is 443. The van der Waals surface area contributed by atoms with Gasteiger partial charge in [0.25, 0.3) is 0 Å². The zero-order chi connectivity index (χ0) is 10.5. The Morgan fingerprint density at radius 3 is 3.00 bits per heavy atom. The molecule has 0 saturated carbocycles. The van der Waals surface area contributed by atoms with Crippen LogP contribution in [0.25, 0.3) is 0 Å². The molecule has 15 heavy (non-hydrogen) atoms. The number of hydrogen-bond acceptors (Lipinski definition) is 1. The molecule has 2 nitrogen and oxygen atoms in total. The molecule has 1 aliphatic heterocycles.